The Morgan fingerprint density at radius 1 is 1.26 bits per heavy atom. The van der Waals surface area contributed by atoms with Crippen LogP contribution >= 0.6 is 0 Å². The van der Waals surface area contributed by atoms with Crippen molar-refractivity contribution in [3.8, 4) is 0 Å². The number of ketones is 1. The van der Waals surface area contributed by atoms with Crippen LogP contribution in [0.1, 0.15) is 60.8 Å². The fraction of sp³-hybridized carbons (Fsp3) is 0.714. The fourth-order valence-corrected chi connectivity index (χ4v) is 5.12. The number of Topliss-reactive ketones (excluding diaryl/α,β-unsaturated/α-hetero) is 1. The maximum absolute atomic E-state index is 13.2. The van der Waals surface area contributed by atoms with Crippen molar-refractivity contribution in [3.63, 3.8) is 0 Å². The first kappa shape index (κ1) is 18.4. The molecule has 1 atom stereocenters. The van der Waals surface area contributed by atoms with E-state index < -0.39 is 5.41 Å². The first-order valence-corrected chi connectivity index (χ1v) is 9.85. The second-order valence-corrected chi connectivity index (χ2v) is 10.6. The van der Waals surface area contributed by atoms with Crippen LogP contribution in [-0.2, 0) is 9.59 Å². The van der Waals surface area contributed by atoms with Crippen molar-refractivity contribution in [3.05, 3.63) is 22.5 Å². The van der Waals surface area contributed by atoms with Gasteiger partial charge in [-0.05, 0) is 23.7 Å². The van der Waals surface area contributed by atoms with Crippen molar-refractivity contribution in [1.82, 2.24) is 10.2 Å². The van der Waals surface area contributed by atoms with E-state index in [2.05, 4.69) is 50.2 Å². The molecule has 0 aromatic carbocycles. The Morgan fingerprint density at radius 2 is 1.93 bits per heavy atom. The summed E-state index contributed by atoms with van der Waals surface area (Å²) < 4.78 is 0. The van der Waals surface area contributed by atoms with Gasteiger partial charge in [0.15, 0.2) is 11.9 Å². The second-order valence-electron chi connectivity index (χ2n) is 10.6. The molecule has 1 saturated heterocycles. The standard InChI is InChI=1S/C21H30N4O2/c1-12(26)25-10-21(11-25)16-13(8-20(5,6)9-15(16)27)22-18-17(21)14(23-24-18)7-19(2,3)4/h18,22H,7-11H2,1-6H3. The fourth-order valence-electron chi connectivity index (χ4n) is 5.12. The zero-order valence-electron chi connectivity index (χ0n) is 17.3. The topological polar surface area (TPSA) is 74.1 Å². The quantitative estimate of drug-likeness (QED) is 0.767. The molecule has 6 heteroatoms. The van der Waals surface area contributed by atoms with Crippen LogP contribution in [0.2, 0.25) is 0 Å². The van der Waals surface area contributed by atoms with Crippen molar-refractivity contribution in [2.45, 2.75) is 67.0 Å². The highest BCUT2D eigenvalue weighted by Gasteiger charge is 2.60. The lowest BCUT2D eigenvalue weighted by atomic mass is 9.58. The third kappa shape index (κ3) is 2.84. The highest BCUT2D eigenvalue weighted by atomic mass is 16.2. The number of fused-ring (bicyclic) bond motifs is 3. The van der Waals surface area contributed by atoms with Crippen LogP contribution in [0.3, 0.4) is 0 Å². The van der Waals surface area contributed by atoms with Gasteiger partial charge < -0.3 is 10.2 Å². The zero-order chi connectivity index (χ0) is 19.8. The molecule has 1 amide bonds. The van der Waals surface area contributed by atoms with Crippen LogP contribution in [0, 0.1) is 16.2 Å². The van der Waals surface area contributed by atoms with Crippen LogP contribution in [0.15, 0.2) is 32.8 Å². The van der Waals surface area contributed by atoms with E-state index in [4.69, 9.17) is 0 Å². The SMILES string of the molecule is CC(=O)N1CC2(C1)C1=C(CC(C)(C)CC1=O)NC1N=NC(CC(C)(C)C)=C12. The van der Waals surface area contributed by atoms with E-state index in [0.29, 0.717) is 19.5 Å². The first-order valence-electron chi connectivity index (χ1n) is 9.85. The third-order valence-corrected chi connectivity index (χ3v) is 6.12. The summed E-state index contributed by atoms with van der Waals surface area (Å²) in [5.41, 5.74) is 3.64. The predicted octanol–water partition coefficient (Wildman–Crippen LogP) is 3.56. The van der Waals surface area contributed by atoms with Gasteiger partial charge in [0.05, 0.1) is 11.1 Å². The zero-order valence-corrected chi connectivity index (χ0v) is 17.3. The summed E-state index contributed by atoms with van der Waals surface area (Å²) in [6.07, 6.45) is 2.01. The molecule has 27 heavy (non-hydrogen) atoms. The van der Waals surface area contributed by atoms with E-state index in [-0.39, 0.29) is 28.7 Å². The van der Waals surface area contributed by atoms with Crippen LogP contribution in [-0.4, -0.2) is 35.8 Å². The number of hydrogen-bond donors (Lipinski definition) is 1. The number of carbonyl (C=O) groups is 2. The van der Waals surface area contributed by atoms with Gasteiger partial charge >= 0.3 is 0 Å². The minimum absolute atomic E-state index is 0.0562. The third-order valence-electron chi connectivity index (χ3n) is 6.12. The smallest absolute Gasteiger partial charge is 0.219 e. The normalized spacial score (nSPS) is 28.1. The van der Waals surface area contributed by atoms with Crippen molar-refractivity contribution in [2.24, 2.45) is 26.5 Å². The van der Waals surface area contributed by atoms with Crippen molar-refractivity contribution >= 4 is 11.7 Å². The molecule has 0 saturated carbocycles. The van der Waals surface area contributed by atoms with Gasteiger partial charge in [0.1, 0.15) is 0 Å². The number of nitrogens with one attached hydrogen (secondary N) is 1. The van der Waals surface area contributed by atoms with E-state index in [1.54, 1.807) is 6.92 Å². The number of rotatable bonds is 1. The minimum Gasteiger partial charge on any atom is -0.362 e. The largest absolute Gasteiger partial charge is 0.362 e. The predicted molar refractivity (Wildman–Crippen MR) is 103 cm³/mol. The summed E-state index contributed by atoms with van der Waals surface area (Å²) in [5, 5.41) is 12.6. The van der Waals surface area contributed by atoms with Crippen molar-refractivity contribution in [1.29, 1.82) is 0 Å². The molecule has 1 unspecified atom stereocenters. The summed E-state index contributed by atoms with van der Waals surface area (Å²) in [5.74, 6) is 0.274. The van der Waals surface area contributed by atoms with Crippen LogP contribution in [0.25, 0.3) is 0 Å². The second kappa shape index (κ2) is 5.52. The average molecular weight is 370 g/mol. The highest BCUT2D eigenvalue weighted by Crippen LogP contribution is 2.56. The summed E-state index contributed by atoms with van der Waals surface area (Å²) in [4.78, 5) is 27.0. The van der Waals surface area contributed by atoms with E-state index in [9.17, 15) is 9.59 Å². The Kier molecular flexibility index (Phi) is 3.76. The molecule has 6 nitrogen and oxygen atoms in total. The summed E-state index contributed by atoms with van der Waals surface area (Å²) in [6, 6.07) is 0. The van der Waals surface area contributed by atoms with Gasteiger partial charge in [-0.3, -0.25) is 9.59 Å². The van der Waals surface area contributed by atoms with E-state index in [1.807, 2.05) is 4.90 Å². The van der Waals surface area contributed by atoms with Gasteiger partial charge in [-0.2, -0.15) is 10.2 Å². The maximum Gasteiger partial charge on any atom is 0.219 e. The number of azo groups is 1. The molecule has 4 rings (SSSR count). The monoisotopic (exact) mass is 370 g/mol. The molecule has 0 bridgehead atoms. The van der Waals surface area contributed by atoms with Crippen LogP contribution in [0.5, 0.6) is 0 Å². The molecule has 1 spiro atoms. The molecule has 1 N–H and O–H groups in total. The van der Waals surface area contributed by atoms with E-state index in [0.717, 1.165) is 35.4 Å². The molecule has 146 valence electrons. The Bertz CT molecular complexity index is 820. The van der Waals surface area contributed by atoms with Crippen molar-refractivity contribution in [2.75, 3.05) is 13.1 Å². The number of allylic oxidation sites excluding steroid dienone is 2. The number of hydrogen-bond acceptors (Lipinski definition) is 5. The van der Waals surface area contributed by atoms with Gasteiger partial charge in [-0.1, -0.05) is 34.6 Å². The number of amides is 1. The van der Waals surface area contributed by atoms with Gasteiger partial charge in [-0.25, -0.2) is 0 Å². The highest BCUT2D eigenvalue weighted by molar-refractivity contribution is 6.00. The molecule has 0 radical (unpaired) electrons. The van der Waals surface area contributed by atoms with Gasteiger partial charge in [0.25, 0.3) is 0 Å². The van der Waals surface area contributed by atoms with Crippen molar-refractivity contribution < 1.29 is 9.59 Å². The van der Waals surface area contributed by atoms with Gasteiger partial charge in [0, 0.05) is 43.3 Å². The lowest BCUT2D eigenvalue weighted by Crippen LogP contribution is -2.65. The van der Waals surface area contributed by atoms with Gasteiger partial charge in [0.2, 0.25) is 5.91 Å². The van der Waals surface area contributed by atoms with Crippen LogP contribution < -0.4 is 5.32 Å². The molecule has 0 aromatic rings. The molecular formula is C21H30N4O2. The molecule has 1 fully saturated rings. The minimum atomic E-state index is -0.408. The number of nitrogens with zero attached hydrogens (tertiary/aromatic N) is 3. The summed E-state index contributed by atoms with van der Waals surface area (Å²) >= 11 is 0. The van der Waals surface area contributed by atoms with E-state index >= 15 is 0 Å². The lowest BCUT2D eigenvalue weighted by Gasteiger charge is -2.56. The Hall–Kier alpha value is -1.98. The molecule has 4 aliphatic rings. The molecule has 0 aromatic heterocycles. The lowest BCUT2D eigenvalue weighted by molar-refractivity contribution is -0.139. The Morgan fingerprint density at radius 3 is 2.52 bits per heavy atom. The Balaban J connectivity index is 1.84. The molecule has 3 aliphatic heterocycles. The average Bonchev–Trinajstić information content (AvgIpc) is 2.81. The molecular weight excluding hydrogens is 340 g/mol. The maximum atomic E-state index is 13.2. The molecule has 3 heterocycles. The van der Waals surface area contributed by atoms with Gasteiger partial charge in [-0.15, -0.1) is 0 Å². The number of carbonyl (C=O) groups excluding carboxylic acids is 2. The summed E-state index contributed by atoms with van der Waals surface area (Å²) in [7, 11) is 0. The van der Waals surface area contributed by atoms with E-state index in [1.165, 1.54) is 0 Å². The Labute approximate surface area is 161 Å². The first-order chi connectivity index (χ1) is 12.4. The number of likely N-dealkylation sites (tertiary alicyclic amines) is 1. The van der Waals surface area contributed by atoms with Crippen LogP contribution in [0.4, 0.5) is 0 Å². The summed E-state index contributed by atoms with van der Waals surface area (Å²) in [6.45, 7) is 13.6. The molecule has 1 aliphatic carbocycles.